The van der Waals surface area contributed by atoms with Gasteiger partial charge >= 0.3 is 5.97 Å². The molecule has 1 unspecified atom stereocenters. The lowest BCUT2D eigenvalue weighted by atomic mass is 10.2. The molecular weight excluding hydrogens is 275 g/mol. The molecule has 1 aromatic carbocycles. The number of nitrogens with zero attached hydrogens (tertiary/aromatic N) is 1. The van der Waals surface area contributed by atoms with Gasteiger partial charge in [0.1, 0.15) is 5.82 Å². The van der Waals surface area contributed by atoms with Crippen molar-refractivity contribution < 1.29 is 19.1 Å². The fourth-order valence-corrected chi connectivity index (χ4v) is 2.04. The predicted octanol–water partition coefficient (Wildman–Crippen LogP) is 1.63. The average molecular weight is 296 g/mol. The van der Waals surface area contributed by atoms with Crippen molar-refractivity contribution in [2.75, 3.05) is 13.1 Å². The number of amides is 1. The molecule has 1 atom stereocenters. The monoisotopic (exact) mass is 296 g/mol. The van der Waals surface area contributed by atoms with Crippen LogP contribution >= 0.6 is 0 Å². The van der Waals surface area contributed by atoms with Gasteiger partial charge in [-0.05, 0) is 19.5 Å². The Morgan fingerprint density at radius 1 is 1.38 bits per heavy atom. The first-order chi connectivity index (χ1) is 9.93. The standard InChI is InChI=1S/C15H21FN2O3/c1-3-18(11(2)8-15(20)21)10-14(19)17-9-12-6-4-5-7-13(12)16/h4-7,11H,3,8-10H2,1-2H3,(H,17,19)(H,20,21). The molecule has 116 valence electrons. The molecule has 2 N–H and O–H groups in total. The molecule has 0 radical (unpaired) electrons. The van der Waals surface area contributed by atoms with Crippen LogP contribution in [-0.4, -0.2) is 41.0 Å². The summed E-state index contributed by atoms with van der Waals surface area (Å²) in [6, 6.07) is 6.02. The molecule has 0 saturated carbocycles. The van der Waals surface area contributed by atoms with Gasteiger partial charge in [-0.15, -0.1) is 0 Å². The first kappa shape index (κ1) is 17.1. The van der Waals surface area contributed by atoms with Crippen LogP contribution in [0.2, 0.25) is 0 Å². The van der Waals surface area contributed by atoms with Crippen LogP contribution in [-0.2, 0) is 16.1 Å². The number of rotatable bonds is 8. The summed E-state index contributed by atoms with van der Waals surface area (Å²) in [5, 5.41) is 11.4. The second-order valence-corrected chi connectivity index (χ2v) is 4.88. The van der Waals surface area contributed by atoms with Crippen molar-refractivity contribution in [3.05, 3.63) is 35.6 Å². The van der Waals surface area contributed by atoms with Gasteiger partial charge in [0, 0.05) is 18.2 Å². The zero-order chi connectivity index (χ0) is 15.8. The van der Waals surface area contributed by atoms with Gasteiger partial charge in [0.25, 0.3) is 0 Å². The van der Waals surface area contributed by atoms with Crippen molar-refractivity contribution in [2.45, 2.75) is 32.9 Å². The summed E-state index contributed by atoms with van der Waals surface area (Å²) in [7, 11) is 0. The van der Waals surface area contributed by atoms with Gasteiger partial charge in [-0.1, -0.05) is 25.1 Å². The second kappa shape index (κ2) is 8.36. The number of halogens is 1. The third-order valence-corrected chi connectivity index (χ3v) is 3.28. The Labute approximate surface area is 123 Å². The number of nitrogens with one attached hydrogen (secondary N) is 1. The van der Waals surface area contributed by atoms with Gasteiger partial charge < -0.3 is 10.4 Å². The van der Waals surface area contributed by atoms with Crippen molar-refractivity contribution in [2.24, 2.45) is 0 Å². The van der Waals surface area contributed by atoms with Crippen molar-refractivity contribution in [3.63, 3.8) is 0 Å². The van der Waals surface area contributed by atoms with Crippen LogP contribution in [0.15, 0.2) is 24.3 Å². The van der Waals surface area contributed by atoms with Gasteiger partial charge in [-0.3, -0.25) is 14.5 Å². The van der Waals surface area contributed by atoms with E-state index < -0.39 is 5.97 Å². The van der Waals surface area contributed by atoms with E-state index in [0.717, 1.165) is 0 Å². The fraction of sp³-hybridized carbons (Fsp3) is 0.467. The molecule has 1 rings (SSSR count). The molecule has 0 saturated heterocycles. The van der Waals surface area contributed by atoms with Crippen LogP contribution in [0.1, 0.15) is 25.8 Å². The minimum atomic E-state index is -0.896. The number of benzene rings is 1. The Bertz CT molecular complexity index is 494. The average Bonchev–Trinajstić information content (AvgIpc) is 2.43. The number of carboxylic acid groups (broad SMARTS) is 1. The summed E-state index contributed by atoms with van der Waals surface area (Å²) in [6.45, 7) is 4.42. The molecule has 21 heavy (non-hydrogen) atoms. The molecule has 0 fully saturated rings. The molecule has 0 bridgehead atoms. The lowest BCUT2D eigenvalue weighted by Crippen LogP contribution is -2.42. The number of carbonyl (C=O) groups is 2. The maximum atomic E-state index is 13.4. The summed E-state index contributed by atoms with van der Waals surface area (Å²) in [5.41, 5.74) is 0.424. The van der Waals surface area contributed by atoms with Crippen molar-refractivity contribution in [3.8, 4) is 0 Å². The molecule has 0 aliphatic heterocycles. The van der Waals surface area contributed by atoms with E-state index in [1.807, 2.05) is 6.92 Å². The minimum Gasteiger partial charge on any atom is -0.481 e. The van der Waals surface area contributed by atoms with Crippen LogP contribution in [0.5, 0.6) is 0 Å². The normalized spacial score (nSPS) is 12.2. The van der Waals surface area contributed by atoms with Crippen LogP contribution in [0.4, 0.5) is 4.39 Å². The Morgan fingerprint density at radius 3 is 2.62 bits per heavy atom. The highest BCUT2D eigenvalue weighted by Crippen LogP contribution is 2.06. The van der Waals surface area contributed by atoms with E-state index in [4.69, 9.17) is 5.11 Å². The molecule has 1 aromatic rings. The van der Waals surface area contributed by atoms with E-state index >= 15 is 0 Å². The highest BCUT2D eigenvalue weighted by molar-refractivity contribution is 5.78. The number of aliphatic carboxylic acids is 1. The zero-order valence-electron chi connectivity index (χ0n) is 12.3. The third kappa shape index (κ3) is 5.91. The maximum Gasteiger partial charge on any atom is 0.304 e. The third-order valence-electron chi connectivity index (χ3n) is 3.28. The first-order valence-electron chi connectivity index (χ1n) is 6.90. The quantitative estimate of drug-likeness (QED) is 0.765. The number of hydrogen-bond acceptors (Lipinski definition) is 3. The molecule has 6 heteroatoms. The summed E-state index contributed by atoms with van der Waals surface area (Å²) in [6.07, 6.45) is -0.0194. The van der Waals surface area contributed by atoms with E-state index in [-0.39, 0.29) is 37.3 Å². The molecule has 1 amide bonds. The van der Waals surface area contributed by atoms with Crippen LogP contribution in [0.3, 0.4) is 0 Å². The summed E-state index contributed by atoms with van der Waals surface area (Å²) < 4.78 is 13.4. The van der Waals surface area contributed by atoms with E-state index in [9.17, 15) is 14.0 Å². The molecule has 0 aromatic heterocycles. The van der Waals surface area contributed by atoms with Crippen LogP contribution in [0, 0.1) is 5.82 Å². The SMILES string of the molecule is CCN(CC(=O)NCc1ccccc1F)C(C)CC(=O)O. The molecule has 0 aliphatic carbocycles. The highest BCUT2D eigenvalue weighted by atomic mass is 19.1. The van der Waals surface area contributed by atoms with Crippen molar-refractivity contribution in [1.29, 1.82) is 0 Å². The lowest BCUT2D eigenvalue weighted by molar-refractivity contribution is -0.138. The fourth-order valence-electron chi connectivity index (χ4n) is 2.04. The van der Waals surface area contributed by atoms with E-state index in [1.54, 1.807) is 30.0 Å². The predicted molar refractivity (Wildman–Crippen MR) is 77.2 cm³/mol. The van der Waals surface area contributed by atoms with Gasteiger partial charge in [-0.25, -0.2) is 4.39 Å². The van der Waals surface area contributed by atoms with Gasteiger partial charge in [-0.2, -0.15) is 0 Å². The largest absolute Gasteiger partial charge is 0.481 e. The van der Waals surface area contributed by atoms with Gasteiger partial charge in [0.05, 0.1) is 13.0 Å². The van der Waals surface area contributed by atoms with E-state index in [0.29, 0.717) is 12.1 Å². The van der Waals surface area contributed by atoms with E-state index in [2.05, 4.69) is 5.32 Å². The minimum absolute atomic E-state index is 0.0194. The second-order valence-electron chi connectivity index (χ2n) is 4.88. The van der Waals surface area contributed by atoms with Gasteiger partial charge in [0.2, 0.25) is 5.91 Å². The molecule has 0 heterocycles. The highest BCUT2D eigenvalue weighted by Gasteiger charge is 2.18. The number of likely N-dealkylation sites (N-methyl/N-ethyl adjacent to an activating group) is 1. The lowest BCUT2D eigenvalue weighted by Gasteiger charge is -2.25. The van der Waals surface area contributed by atoms with Crippen molar-refractivity contribution >= 4 is 11.9 Å². The number of carbonyl (C=O) groups excluding carboxylic acids is 1. The molecule has 5 nitrogen and oxygen atoms in total. The summed E-state index contributed by atoms with van der Waals surface area (Å²) >= 11 is 0. The van der Waals surface area contributed by atoms with Crippen LogP contribution in [0.25, 0.3) is 0 Å². The maximum absolute atomic E-state index is 13.4. The summed E-state index contributed by atoms with van der Waals surface area (Å²) in [4.78, 5) is 24.3. The van der Waals surface area contributed by atoms with Gasteiger partial charge in [0.15, 0.2) is 0 Å². The number of carboxylic acids is 1. The zero-order valence-corrected chi connectivity index (χ0v) is 12.3. The Kier molecular flexibility index (Phi) is 6.81. The molecule has 0 aliphatic rings. The van der Waals surface area contributed by atoms with E-state index in [1.165, 1.54) is 6.07 Å². The topological polar surface area (TPSA) is 69.6 Å². The smallest absolute Gasteiger partial charge is 0.304 e. The Hall–Kier alpha value is -1.95. The Morgan fingerprint density at radius 2 is 2.05 bits per heavy atom. The molecule has 0 spiro atoms. The molecular formula is C15H21FN2O3. The van der Waals surface area contributed by atoms with Crippen molar-refractivity contribution in [1.82, 2.24) is 10.2 Å². The van der Waals surface area contributed by atoms with Crippen LogP contribution < -0.4 is 5.32 Å². The first-order valence-corrected chi connectivity index (χ1v) is 6.90. The number of hydrogen-bond donors (Lipinski definition) is 2. The Balaban J connectivity index is 2.48. The summed E-state index contributed by atoms with van der Waals surface area (Å²) in [5.74, 6) is -1.51.